The smallest absolute Gasteiger partial charge is 0.346 e. The molecule has 55 heavy (non-hydrogen) atoms. The van der Waals surface area contributed by atoms with Crippen LogP contribution in [0.25, 0.3) is 22.3 Å². The summed E-state index contributed by atoms with van der Waals surface area (Å²) in [6, 6.07) is -0.812. The van der Waals surface area contributed by atoms with Gasteiger partial charge in [-0.25, -0.2) is 38.5 Å². The molecule has 0 aromatic carbocycles. The third-order valence-corrected chi connectivity index (χ3v) is 18.7. The van der Waals surface area contributed by atoms with Crippen LogP contribution in [0.3, 0.4) is 0 Å². The van der Waals surface area contributed by atoms with Gasteiger partial charge >= 0.3 is 30.4 Å². The van der Waals surface area contributed by atoms with E-state index < -0.39 is 99.6 Å². The molecule has 2 aliphatic rings. The van der Waals surface area contributed by atoms with Gasteiger partial charge in [0.2, 0.25) is 7.57 Å². The lowest BCUT2D eigenvalue weighted by Gasteiger charge is -2.24. The van der Waals surface area contributed by atoms with Gasteiger partial charge in [-0.2, -0.15) is 0 Å². The first-order chi connectivity index (χ1) is 25.5. The lowest BCUT2D eigenvalue weighted by Crippen LogP contribution is -2.31. The normalized spacial score (nSPS) is 28.7. The highest BCUT2D eigenvalue weighted by molar-refractivity contribution is 7.89. The molecule has 10 N–H and O–H groups in total. The molecule has 2 saturated heterocycles. The molecule has 2 radical (unpaired) electrons. The molecule has 8 unspecified atom stereocenters. The average molecular weight is 874 g/mol. The minimum atomic E-state index is -5.61. The minimum absolute atomic E-state index is 0.0609. The average Bonchev–Trinajstić information content (AvgIpc) is 3.82. The van der Waals surface area contributed by atoms with Crippen LogP contribution in [0.2, 0.25) is 0 Å². The topological polar surface area (TPSA) is 401 Å². The Balaban J connectivity index is 0.981. The summed E-state index contributed by atoms with van der Waals surface area (Å²) in [5.74, 6) is -3.40. The Morgan fingerprint density at radius 1 is 0.745 bits per heavy atom. The highest BCUT2D eigenvalue weighted by atomic mass is 31.3. The van der Waals surface area contributed by atoms with Gasteiger partial charge in [0.15, 0.2) is 34.7 Å². The van der Waals surface area contributed by atoms with Crippen molar-refractivity contribution in [2.75, 3.05) is 43.1 Å². The summed E-state index contributed by atoms with van der Waals surface area (Å²) in [5.41, 5.74) is 12.6. The Hall–Kier alpha value is -2.57. The van der Waals surface area contributed by atoms with E-state index in [1.54, 1.807) is 0 Å². The van der Waals surface area contributed by atoms with Crippen LogP contribution in [0.5, 0.6) is 0 Å². The van der Waals surface area contributed by atoms with Gasteiger partial charge in [0.05, 0.1) is 44.6 Å². The highest BCUT2D eigenvalue weighted by Gasteiger charge is 2.46. The van der Waals surface area contributed by atoms with Gasteiger partial charge in [0, 0.05) is 6.42 Å². The molecule has 0 aliphatic carbocycles. The van der Waals surface area contributed by atoms with E-state index in [1.165, 1.54) is 34.4 Å². The lowest BCUT2D eigenvalue weighted by atomic mass is 10.1. The number of aromatic nitrogens is 8. The number of nitrogens with zero attached hydrogens (tertiary/aromatic N) is 8. The zero-order valence-electron chi connectivity index (χ0n) is 27.7. The van der Waals surface area contributed by atoms with Crippen molar-refractivity contribution in [3.63, 3.8) is 0 Å². The van der Waals surface area contributed by atoms with Crippen LogP contribution in [0.1, 0.15) is 18.7 Å². The Kier molecular flexibility index (Phi) is 12.0. The SMILES string of the molecule is [B]P(=O)(OP(=O)(O)CP(=O)(O)OCC1O[C@@H](n2cnc3c(N)ncnc32)C[C@H]1O)OP(=O)(O)CP(=O)(O)OC[C@H]1OCC(n2cnc3c(N)ncnc32)C1O. The van der Waals surface area contributed by atoms with Crippen molar-refractivity contribution >= 4 is 79.4 Å². The molecule has 4 aromatic heterocycles. The van der Waals surface area contributed by atoms with E-state index in [2.05, 4.69) is 38.5 Å². The van der Waals surface area contributed by atoms with Gasteiger partial charge in [0.25, 0.3) is 7.47 Å². The fraction of sp³-hybridized carbons (Fsp3) is 0.545. The first-order valence-corrected chi connectivity index (χ1v) is 24.1. The quantitative estimate of drug-likeness (QED) is 0.0533. The summed E-state index contributed by atoms with van der Waals surface area (Å²) >= 11 is 0. The molecule has 0 spiro atoms. The van der Waals surface area contributed by atoms with Crippen LogP contribution in [-0.2, 0) is 50.0 Å². The summed E-state index contributed by atoms with van der Waals surface area (Å²) in [6.45, 7) is -1.76. The maximum atomic E-state index is 12.7. The molecule has 300 valence electrons. The van der Waals surface area contributed by atoms with Gasteiger partial charge in [-0.3, -0.25) is 27.4 Å². The first-order valence-electron chi connectivity index (χ1n) is 15.4. The van der Waals surface area contributed by atoms with Crippen LogP contribution in [-0.4, -0.2) is 132 Å². The summed E-state index contributed by atoms with van der Waals surface area (Å²) in [7, 11) is -21.9. The van der Waals surface area contributed by atoms with Gasteiger partial charge in [-0.05, 0) is 0 Å². The fourth-order valence-corrected chi connectivity index (χ4v) is 15.2. The van der Waals surface area contributed by atoms with E-state index in [0.717, 1.165) is 0 Å². The van der Waals surface area contributed by atoms with Crippen LogP contribution in [0.15, 0.2) is 25.3 Å². The molecule has 0 saturated carbocycles. The number of nitrogen functional groups attached to an aromatic ring is 2. The van der Waals surface area contributed by atoms with Crippen LogP contribution in [0, 0.1) is 0 Å². The van der Waals surface area contributed by atoms with E-state index in [1.807, 2.05) is 0 Å². The zero-order valence-corrected chi connectivity index (χ0v) is 32.2. The van der Waals surface area contributed by atoms with E-state index in [4.69, 9.17) is 37.6 Å². The zero-order chi connectivity index (χ0) is 40.1. The molecular formula is C22H32BN10O17P5. The molecule has 27 nitrogen and oxygen atoms in total. The summed E-state index contributed by atoms with van der Waals surface area (Å²) in [6.07, 6.45) is -1.10. The second kappa shape index (κ2) is 15.6. The molecule has 0 amide bonds. The number of aliphatic hydroxyl groups excluding tert-OH is 2. The molecule has 6 rings (SSSR count). The third-order valence-electron chi connectivity index (χ3n) is 7.98. The Morgan fingerprint density at radius 2 is 1.24 bits per heavy atom. The van der Waals surface area contributed by atoms with E-state index in [-0.39, 0.29) is 47.0 Å². The number of nitrogens with two attached hydrogens (primary N) is 2. The van der Waals surface area contributed by atoms with Gasteiger partial charge in [0.1, 0.15) is 48.2 Å². The van der Waals surface area contributed by atoms with Crippen molar-refractivity contribution in [2.24, 2.45) is 0 Å². The highest BCUT2D eigenvalue weighted by Crippen LogP contribution is 2.72. The molecule has 0 bridgehead atoms. The lowest BCUT2D eigenvalue weighted by molar-refractivity contribution is -0.0395. The number of aliphatic hydroxyl groups is 2. The largest absolute Gasteiger partial charge is 0.390 e. The van der Waals surface area contributed by atoms with Crippen LogP contribution >= 0.6 is 37.9 Å². The second-order valence-corrected chi connectivity index (χ2v) is 22.4. The minimum Gasteiger partial charge on any atom is -0.390 e. The molecule has 33 heteroatoms. The van der Waals surface area contributed by atoms with Crippen molar-refractivity contribution in [3.8, 4) is 0 Å². The number of fused-ring (bicyclic) bond motifs is 2. The predicted molar refractivity (Wildman–Crippen MR) is 185 cm³/mol. The standard InChI is InChI=1S/C22H32BN10O17P5/c23-55(44,49-53(40,41)9-51(36,37)46-3-13-12(34)1-15(48-13)33-8-31-17-20(25)27-6-29-22(17)33)50-54(42,43)10-52(38,39)47-4-14-18(35)11(2-45-14)32-7-30-16-19(24)26-5-28-21(16)32/h5-8,11-15,18,34-35H,1-4,9-10H2,(H,36,37)(H,38,39)(H,40,41)(H,42,43)(H2,24,26,28)(H2,25,27,29)/t11?,12-,13?,14-,15-,18?,55?/m1/s1. The number of imidazole rings is 2. The van der Waals surface area contributed by atoms with Gasteiger partial charge < -0.3 is 64.3 Å². The first kappa shape index (κ1) is 42.1. The maximum absolute atomic E-state index is 12.7. The molecule has 11 atom stereocenters. The van der Waals surface area contributed by atoms with Crippen LogP contribution in [0.4, 0.5) is 11.6 Å². The monoisotopic (exact) mass is 874 g/mol. The van der Waals surface area contributed by atoms with Crippen molar-refractivity contribution in [1.29, 1.82) is 0 Å². The van der Waals surface area contributed by atoms with Gasteiger partial charge in [-0.15, -0.1) is 0 Å². The van der Waals surface area contributed by atoms with E-state index in [9.17, 15) is 52.6 Å². The number of hydrogen-bond acceptors (Lipinski definition) is 21. The number of ether oxygens (including phenoxy) is 2. The van der Waals surface area contributed by atoms with Crippen molar-refractivity contribution in [3.05, 3.63) is 25.3 Å². The molecule has 4 aromatic rings. The van der Waals surface area contributed by atoms with Crippen molar-refractivity contribution in [2.45, 2.75) is 43.1 Å². The van der Waals surface area contributed by atoms with Crippen molar-refractivity contribution < 1.29 is 79.8 Å². The summed E-state index contributed by atoms with van der Waals surface area (Å²) in [4.78, 5) is 64.7. The molecular weight excluding hydrogens is 842 g/mol. The molecule has 2 aliphatic heterocycles. The fourth-order valence-electron chi connectivity index (χ4n) is 5.62. The van der Waals surface area contributed by atoms with E-state index >= 15 is 0 Å². The predicted octanol–water partition coefficient (Wildman–Crippen LogP) is -0.221. The third kappa shape index (κ3) is 9.94. The summed E-state index contributed by atoms with van der Waals surface area (Å²) in [5, 5.41) is 21.2. The second-order valence-electron chi connectivity index (χ2n) is 12.2. The number of anilines is 2. The molecule has 2 fully saturated rings. The van der Waals surface area contributed by atoms with Gasteiger partial charge in [-0.1, -0.05) is 0 Å². The Morgan fingerprint density at radius 3 is 1.78 bits per heavy atom. The number of rotatable bonds is 16. The Bertz CT molecular complexity index is 2260. The van der Waals surface area contributed by atoms with Crippen LogP contribution < -0.4 is 11.5 Å². The Labute approximate surface area is 309 Å². The molecule has 6 heterocycles. The maximum Gasteiger partial charge on any atom is 0.346 e. The van der Waals surface area contributed by atoms with E-state index in [0.29, 0.717) is 0 Å². The van der Waals surface area contributed by atoms with Crippen molar-refractivity contribution in [1.82, 2.24) is 39.0 Å². The summed E-state index contributed by atoms with van der Waals surface area (Å²) < 4.78 is 95.4. The number of hydrogen-bond donors (Lipinski definition) is 8.